The Labute approximate surface area is 164 Å². The zero-order chi connectivity index (χ0) is 18.9. The molecule has 0 aliphatic carbocycles. The van der Waals surface area contributed by atoms with Gasteiger partial charge in [0.1, 0.15) is 4.21 Å². The summed E-state index contributed by atoms with van der Waals surface area (Å²) >= 11 is 6.93. The maximum atomic E-state index is 12.6. The van der Waals surface area contributed by atoms with Crippen molar-refractivity contribution < 1.29 is 13.2 Å². The predicted molar refractivity (Wildman–Crippen MR) is 104 cm³/mol. The molecule has 9 heteroatoms. The number of carbonyl (C=O) groups is 1. The Bertz CT molecular complexity index is 734. The maximum absolute atomic E-state index is 12.6. The summed E-state index contributed by atoms with van der Waals surface area (Å²) in [4.78, 5) is 16.6. The molecule has 0 N–H and O–H groups in total. The van der Waals surface area contributed by atoms with Crippen molar-refractivity contribution in [1.82, 2.24) is 14.1 Å². The van der Waals surface area contributed by atoms with Crippen LogP contribution in [0.25, 0.3) is 0 Å². The number of rotatable bonds is 4. The first-order chi connectivity index (χ1) is 12.3. The highest BCUT2D eigenvalue weighted by Crippen LogP contribution is 2.28. The van der Waals surface area contributed by atoms with Gasteiger partial charge in [0.05, 0.1) is 10.9 Å². The van der Waals surface area contributed by atoms with Crippen molar-refractivity contribution in [2.24, 2.45) is 11.8 Å². The summed E-state index contributed by atoms with van der Waals surface area (Å²) in [5.41, 5.74) is 0. The Hall–Kier alpha value is -0.670. The second kappa shape index (κ2) is 8.14. The average Bonchev–Trinajstić information content (AvgIpc) is 3.01. The molecule has 2 aliphatic rings. The third kappa shape index (κ3) is 4.59. The van der Waals surface area contributed by atoms with Crippen LogP contribution in [0.2, 0.25) is 4.34 Å². The van der Waals surface area contributed by atoms with Gasteiger partial charge >= 0.3 is 0 Å². The van der Waals surface area contributed by atoms with Gasteiger partial charge in [0.15, 0.2) is 0 Å². The maximum Gasteiger partial charge on any atom is 0.252 e. The molecule has 0 bridgehead atoms. The second-order valence-corrected chi connectivity index (χ2v) is 11.4. The van der Waals surface area contributed by atoms with E-state index in [1.807, 2.05) is 0 Å². The summed E-state index contributed by atoms with van der Waals surface area (Å²) < 4.78 is 27.4. The Morgan fingerprint density at radius 3 is 2.31 bits per heavy atom. The van der Waals surface area contributed by atoms with E-state index in [1.54, 1.807) is 17.0 Å². The van der Waals surface area contributed by atoms with E-state index < -0.39 is 10.0 Å². The molecule has 2 atom stereocenters. The first-order valence-electron chi connectivity index (χ1n) is 9.01. The van der Waals surface area contributed by atoms with Gasteiger partial charge in [-0.2, -0.15) is 4.31 Å². The van der Waals surface area contributed by atoms with E-state index in [2.05, 4.69) is 18.7 Å². The molecule has 0 unspecified atom stereocenters. The number of piperazine rings is 1. The van der Waals surface area contributed by atoms with Gasteiger partial charge in [-0.25, -0.2) is 8.42 Å². The van der Waals surface area contributed by atoms with Crippen molar-refractivity contribution in [2.45, 2.75) is 24.5 Å². The van der Waals surface area contributed by atoms with E-state index in [4.69, 9.17) is 11.6 Å². The summed E-state index contributed by atoms with van der Waals surface area (Å²) in [6.45, 7) is 8.36. The van der Waals surface area contributed by atoms with Crippen molar-refractivity contribution in [3.8, 4) is 0 Å². The van der Waals surface area contributed by atoms with Crippen LogP contribution < -0.4 is 0 Å². The normalized spacial score (nSPS) is 26.2. The molecular formula is C17H26ClN3O3S2. The number of sulfonamides is 1. The molecule has 1 aromatic rings. The van der Waals surface area contributed by atoms with Gasteiger partial charge in [-0.1, -0.05) is 25.4 Å². The van der Waals surface area contributed by atoms with Crippen LogP contribution in [0.15, 0.2) is 16.3 Å². The van der Waals surface area contributed by atoms with E-state index in [0.29, 0.717) is 48.9 Å². The summed E-state index contributed by atoms with van der Waals surface area (Å²) in [5, 5.41) is 0. The van der Waals surface area contributed by atoms with Crippen molar-refractivity contribution in [3.05, 3.63) is 16.5 Å². The number of hydrogen-bond acceptors (Lipinski definition) is 5. The third-order valence-corrected chi connectivity index (χ3v) is 8.63. The monoisotopic (exact) mass is 419 g/mol. The largest absolute Gasteiger partial charge is 0.339 e. The number of hydrogen-bond donors (Lipinski definition) is 0. The van der Waals surface area contributed by atoms with Gasteiger partial charge in [0.25, 0.3) is 10.0 Å². The van der Waals surface area contributed by atoms with Gasteiger partial charge in [-0.05, 0) is 30.4 Å². The van der Waals surface area contributed by atoms with Gasteiger partial charge in [0, 0.05) is 39.3 Å². The van der Waals surface area contributed by atoms with E-state index in [1.165, 1.54) is 10.7 Å². The van der Waals surface area contributed by atoms with Crippen LogP contribution in [0, 0.1) is 11.8 Å². The number of piperidine rings is 1. The molecule has 1 aromatic heterocycles. The van der Waals surface area contributed by atoms with Crippen molar-refractivity contribution in [1.29, 1.82) is 0 Å². The zero-order valence-electron chi connectivity index (χ0n) is 15.2. The highest BCUT2D eigenvalue weighted by atomic mass is 35.5. The van der Waals surface area contributed by atoms with Crippen LogP contribution in [0.3, 0.4) is 0 Å². The Morgan fingerprint density at radius 2 is 1.77 bits per heavy atom. The van der Waals surface area contributed by atoms with E-state index in [9.17, 15) is 13.2 Å². The van der Waals surface area contributed by atoms with Crippen LogP contribution in [-0.4, -0.2) is 74.2 Å². The SMILES string of the molecule is C[C@@H]1C[C@H](C)CN(CC(=O)N2CCN(S(=O)(=O)c3ccc(Cl)s3)CC2)C1. The Morgan fingerprint density at radius 1 is 1.15 bits per heavy atom. The summed E-state index contributed by atoms with van der Waals surface area (Å²) in [7, 11) is -3.51. The number of nitrogens with zero attached hydrogens (tertiary/aromatic N) is 3. The number of amides is 1. The Kier molecular flexibility index (Phi) is 6.29. The third-order valence-electron chi connectivity index (χ3n) is 5.04. The average molecular weight is 420 g/mol. The first-order valence-corrected chi connectivity index (χ1v) is 11.6. The molecule has 6 nitrogen and oxygen atoms in total. The molecule has 2 aliphatic heterocycles. The lowest BCUT2D eigenvalue weighted by Gasteiger charge is -2.38. The van der Waals surface area contributed by atoms with Crippen LogP contribution in [-0.2, 0) is 14.8 Å². The van der Waals surface area contributed by atoms with E-state index in [0.717, 1.165) is 24.4 Å². The number of thiophene rings is 1. The van der Waals surface area contributed by atoms with Crippen LogP contribution >= 0.6 is 22.9 Å². The first kappa shape index (κ1) is 20.1. The molecule has 3 rings (SSSR count). The molecule has 0 aromatic carbocycles. The molecular weight excluding hydrogens is 394 g/mol. The minimum absolute atomic E-state index is 0.0996. The van der Waals surface area contributed by atoms with Crippen LogP contribution in [0.4, 0.5) is 0 Å². The standard InChI is InChI=1S/C17H26ClN3O3S2/c1-13-9-14(2)11-19(10-13)12-16(22)20-5-7-21(8-6-20)26(23,24)17-4-3-15(18)25-17/h3-4,13-14H,5-12H2,1-2H3/t13-,14+. The minimum Gasteiger partial charge on any atom is -0.339 e. The summed E-state index contributed by atoms with van der Waals surface area (Å²) in [6.07, 6.45) is 1.22. The molecule has 2 saturated heterocycles. The van der Waals surface area contributed by atoms with Crippen LogP contribution in [0.1, 0.15) is 20.3 Å². The lowest BCUT2D eigenvalue weighted by molar-refractivity contribution is -0.134. The molecule has 2 fully saturated rings. The lowest BCUT2D eigenvalue weighted by atomic mass is 9.92. The zero-order valence-corrected chi connectivity index (χ0v) is 17.6. The number of likely N-dealkylation sites (tertiary alicyclic amines) is 1. The molecule has 26 heavy (non-hydrogen) atoms. The van der Waals surface area contributed by atoms with Gasteiger partial charge in [-0.15, -0.1) is 11.3 Å². The minimum atomic E-state index is -3.51. The van der Waals surface area contributed by atoms with Crippen molar-refractivity contribution in [2.75, 3.05) is 45.8 Å². The van der Waals surface area contributed by atoms with Gasteiger partial charge < -0.3 is 4.90 Å². The molecule has 0 saturated carbocycles. The Balaban J connectivity index is 1.54. The van der Waals surface area contributed by atoms with E-state index >= 15 is 0 Å². The molecule has 3 heterocycles. The summed E-state index contributed by atoms with van der Waals surface area (Å²) in [6, 6.07) is 3.14. The molecule has 1 amide bonds. The highest BCUT2D eigenvalue weighted by molar-refractivity contribution is 7.91. The van der Waals surface area contributed by atoms with Gasteiger partial charge in [0.2, 0.25) is 5.91 Å². The second-order valence-electron chi connectivity index (χ2n) is 7.48. The fourth-order valence-electron chi connectivity index (χ4n) is 3.95. The fourth-order valence-corrected chi connectivity index (χ4v) is 7.01. The molecule has 146 valence electrons. The molecule has 0 spiro atoms. The fraction of sp³-hybridized carbons (Fsp3) is 0.706. The molecule has 0 radical (unpaired) electrons. The number of carbonyl (C=O) groups excluding carboxylic acids is 1. The van der Waals surface area contributed by atoms with E-state index in [-0.39, 0.29) is 10.1 Å². The lowest BCUT2D eigenvalue weighted by Crippen LogP contribution is -2.53. The topological polar surface area (TPSA) is 60.9 Å². The quantitative estimate of drug-likeness (QED) is 0.750. The van der Waals surface area contributed by atoms with Gasteiger partial charge in [-0.3, -0.25) is 9.69 Å². The smallest absolute Gasteiger partial charge is 0.252 e. The van der Waals surface area contributed by atoms with Crippen molar-refractivity contribution in [3.63, 3.8) is 0 Å². The summed E-state index contributed by atoms with van der Waals surface area (Å²) in [5.74, 6) is 1.33. The predicted octanol–water partition coefficient (Wildman–Crippen LogP) is 2.21. The highest BCUT2D eigenvalue weighted by Gasteiger charge is 2.32. The van der Waals surface area contributed by atoms with Crippen LogP contribution in [0.5, 0.6) is 0 Å². The van der Waals surface area contributed by atoms with Crippen molar-refractivity contribution >= 4 is 38.9 Å². The number of halogens is 1.